The molecule has 2 fully saturated rings. The highest BCUT2D eigenvalue weighted by atomic mass is 19.1. The van der Waals surface area contributed by atoms with E-state index in [0.717, 1.165) is 38.2 Å². The van der Waals surface area contributed by atoms with Crippen molar-refractivity contribution in [2.45, 2.75) is 37.5 Å². The number of hydrogen-bond acceptors (Lipinski definition) is 5. The second kappa shape index (κ2) is 7.78. The molecule has 1 unspecified atom stereocenters. The van der Waals surface area contributed by atoms with Crippen molar-refractivity contribution >= 4 is 5.69 Å². The van der Waals surface area contributed by atoms with Crippen molar-refractivity contribution in [2.24, 2.45) is 5.92 Å². The van der Waals surface area contributed by atoms with Gasteiger partial charge in [-0.3, -0.25) is 4.90 Å². The molecule has 3 N–H and O–H groups in total. The maximum absolute atomic E-state index is 13.4. The van der Waals surface area contributed by atoms with Gasteiger partial charge in [-0.25, -0.2) is 4.39 Å². The molecule has 0 saturated carbocycles. The summed E-state index contributed by atoms with van der Waals surface area (Å²) in [5.74, 6) is 0.285. The molecule has 6 heteroatoms. The number of aliphatic hydroxyl groups is 3. The van der Waals surface area contributed by atoms with Crippen molar-refractivity contribution in [3.05, 3.63) is 30.1 Å². The molecule has 134 valence electrons. The molecule has 0 spiro atoms. The Morgan fingerprint density at radius 2 is 1.88 bits per heavy atom. The first-order valence-electron chi connectivity index (χ1n) is 8.78. The standard InChI is InChI=1S/C18H27FN2O3/c19-14-2-1-3-15(8-14)20-6-4-13(5-7-20)10-21-11-18(24)17(23)9-16(21)12-22/h1-3,8,13,16-18,22-24H,4-7,9-12H2/t16-,17?,18+/m1/s1. The highest BCUT2D eigenvalue weighted by molar-refractivity contribution is 5.46. The number of aliphatic hydroxyl groups excluding tert-OH is 3. The van der Waals surface area contributed by atoms with Crippen LogP contribution in [0.2, 0.25) is 0 Å². The Bertz CT molecular complexity index is 537. The normalized spacial score (nSPS) is 29.8. The van der Waals surface area contributed by atoms with E-state index in [9.17, 15) is 19.7 Å². The van der Waals surface area contributed by atoms with Gasteiger partial charge >= 0.3 is 0 Å². The topological polar surface area (TPSA) is 67.2 Å². The predicted molar refractivity (Wildman–Crippen MR) is 90.4 cm³/mol. The molecule has 2 aliphatic rings. The Morgan fingerprint density at radius 3 is 2.54 bits per heavy atom. The van der Waals surface area contributed by atoms with E-state index in [2.05, 4.69) is 9.80 Å². The van der Waals surface area contributed by atoms with Crippen LogP contribution in [-0.4, -0.2) is 71.3 Å². The molecule has 5 nitrogen and oxygen atoms in total. The number of hydrogen-bond donors (Lipinski definition) is 3. The zero-order valence-electron chi connectivity index (χ0n) is 13.9. The Balaban J connectivity index is 1.53. The van der Waals surface area contributed by atoms with E-state index < -0.39 is 12.2 Å². The number of benzene rings is 1. The van der Waals surface area contributed by atoms with Crippen molar-refractivity contribution in [1.82, 2.24) is 4.90 Å². The summed E-state index contributed by atoms with van der Waals surface area (Å²) in [5.41, 5.74) is 0.929. The van der Waals surface area contributed by atoms with Gasteiger partial charge in [-0.05, 0) is 43.4 Å². The van der Waals surface area contributed by atoms with E-state index in [4.69, 9.17) is 0 Å². The first-order valence-corrected chi connectivity index (χ1v) is 8.78. The number of likely N-dealkylation sites (tertiary alicyclic amines) is 1. The largest absolute Gasteiger partial charge is 0.395 e. The first kappa shape index (κ1) is 17.6. The average molecular weight is 338 g/mol. The maximum atomic E-state index is 13.4. The molecule has 1 aromatic carbocycles. The van der Waals surface area contributed by atoms with Crippen molar-refractivity contribution in [1.29, 1.82) is 0 Å². The van der Waals surface area contributed by atoms with Gasteiger partial charge < -0.3 is 20.2 Å². The third kappa shape index (κ3) is 4.06. The first-order chi connectivity index (χ1) is 11.6. The molecule has 0 radical (unpaired) electrons. The minimum absolute atomic E-state index is 0.00587. The monoisotopic (exact) mass is 338 g/mol. The lowest BCUT2D eigenvalue weighted by Crippen LogP contribution is -2.55. The van der Waals surface area contributed by atoms with Crippen LogP contribution in [0.4, 0.5) is 10.1 Å². The van der Waals surface area contributed by atoms with E-state index >= 15 is 0 Å². The second-order valence-corrected chi connectivity index (χ2v) is 7.07. The van der Waals surface area contributed by atoms with E-state index in [0.29, 0.717) is 18.9 Å². The smallest absolute Gasteiger partial charge is 0.125 e. The molecule has 0 amide bonds. The molecular weight excluding hydrogens is 311 g/mol. The molecule has 2 aliphatic heterocycles. The lowest BCUT2D eigenvalue weighted by atomic mass is 9.92. The molecule has 24 heavy (non-hydrogen) atoms. The van der Waals surface area contributed by atoms with Crippen LogP contribution in [-0.2, 0) is 0 Å². The molecule has 3 atom stereocenters. The van der Waals surface area contributed by atoms with Crippen molar-refractivity contribution < 1.29 is 19.7 Å². The predicted octanol–water partition coefficient (Wildman–Crippen LogP) is 0.830. The Kier molecular flexibility index (Phi) is 5.71. The molecular formula is C18H27FN2O3. The lowest BCUT2D eigenvalue weighted by molar-refractivity contribution is -0.0752. The number of anilines is 1. The van der Waals surface area contributed by atoms with Gasteiger partial charge in [-0.15, -0.1) is 0 Å². The number of piperidine rings is 2. The van der Waals surface area contributed by atoms with Crippen LogP contribution in [0.25, 0.3) is 0 Å². The summed E-state index contributed by atoms with van der Waals surface area (Å²) in [7, 11) is 0. The summed E-state index contributed by atoms with van der Waals surface area (Å²) in [5, 5.41) is 29.2. The van der Waals surface area contributed by atoms with Gasteiger partial charge in [-0.2, -0.15) is 0 Å². The summed E-state index contributed by atoms with van der Waals surface area (Å²) in [6.45, 7) is 3.02. The minimum Gasteiger partial charge on any atom is -0.395 e. The summed E-state index contributed by atoms with van der Waals surface area (Å²) in [6, 6.07) is 6.63. The molecule has 0 aromatic heterocycles. The molecule has 2 saturated heterocycles. The van der Waals surface area contributed by atoms with Crippen molar-refractivity contribution in [3.63, 3.8) is 0 Å². The molecule has 1 aromatic rings. The van der Waals surface area contributed by atoms with Gasteiger partial charge in [0.1, 0.15) is 5.82 Å². The number of halogens is 1. The number of nitrogens with zero attached hydrogens (tertiary/aromatic N) is 2. The van der Waals surface area contributed by atoms with Crippen LogP contribution in [0.1, 0.15) is 19.3 Å². The summed E-state index contributed by atoms with van der Waals surface area (Å²) in [4.78, 5) is 4.32. The van der Waals surface area contributed by atoms with E-state index in [1.165, 1.54) is 6.07 Å². The minimum atomic E-state index is -0.742. The number of β-amino-alcohol motifs (C(OH)–C–C–N with tert-alkyl or cyclic N) is 1. The fourth-order valence-electron chi connectivity index (χ4n) is 3.89. The van der Waals surface area contributed by atoms with E-state index in [1.807, 2.05) is 6.07 Å². The molecule has 0 bridgehead atoms. The SMILES string of the molecule is OC[C@H]1CC(O)[C@@H](O)CN1CC1CCN(c2cccc(F)c2)CC1. The third-order valence-electron chi connectivity index (χ3n) is 5.39. The van der Waals surface area contributed by atoms with Gasteiger partial charge in [-0.1, -0.05) is 6.07 Å². The van der Waals surface area contributed by atoms with Crippen LogP contribution in [0.3, 0.4) is 0 Å². The van der Waals surface area contributed by atoms with Gasteiger partial charge in [0.2, 0.25) is 0 Å². The van der Waals surface area contributed by atoms with Gasteiger partial charge in [0.25, 0.3) is 0 Å². The Morgan fingerprint density at radius 1 is 1.12 bits per heavy atom. The quantitative estimate of drug-likeness (QED) is 0.759. The molecule has 0 aliphatic carbocycles. The summed E-state index contributed by atoms with van der Waals surface area (Å²) >= 11 is 0. The fraction of sp³-hybridized carbons (Fsp3) is 0.667. The molecule has 3 rings (SSSR count). The second-order valence-electron chi connectivity index (χ2n) is 7.07. The lowest BCUT2D eigenvalue weighted by Gasteiger charge is -2.43. The highest BCUT2D eigenvalue weighted by Gasteiger charge is 2.34. The van der Waals surface area contributed by atoms with Crippen LogP contribution < -0.4 is 4.90 Å². The Hall–Kier alpha value is -1.21. The summed E-state index contributed by atoms with van der Waals surface area (Å²) in [6.07, 6.45) is 0.946. The van der Waals surface area contributed by atoms with Crippen LogP contribution in [0, 0.1) is 11.7 Å². The maximum Gasteiger partial charge on any atom is 0.125 e. The van der Waals surface area contributed by atoms with Crippen LogP contribution >= 0.6 is 0 Å². The van der Waals surface area contributed by atoms with Gasteiger partial charge in [0, 0.05) is 37.9 Å². The highest BCUT2D eigenvalue weighted by Crippen LogP contribution is 2.26. The van der Waals surface area contributed by atoms with Crippen molar-refractivity contribution in [2.75, 3.05) is 37.7 Å². The van der Waals surface area contributed by atoms with E-state index in [1.54, 1.807) is 12.1 Å². The third-order valence-corrected chi connectivity index (χ3v) is 5.39. The van der Waals surface area contributed by atoms with Crippen LogP contribution in [0.5, 0.6) is 0 Å². The van der Waals surface area contributed by atoms with E-state index in [-0.39, 0.29) is 18.5 Å². The molecule has 2 heterocycles. The zero-order chi connectivity index (χ0) is 17.1. The zero-order valence-corrected chi connectivity index (χ0v) is 13.9. The van der Waals surface area contributed by atoms with Gasteiger partial charge in [0.15, 0.2) is 0 Å². The Labute approximate surface area is 142 Å². The van der Waals surface area contributed by atoms with Crippen molar-refractivity contribution in [3.8, 4) is 0 Å². The summed E-state index contributed by atoms with van der Waals surface area (Å²) < 4.78 is 13.4. The van der Waals surface area contributed by atoms with Gasteiger partial charge in [0.05, 0.1) is 18.8 Å². The van der Waals surface area contributed by atoms with Crippen LogP contribution in [0.15, 0.2) is 24.3 Å². The fourth-order valence-corrected chi connectivity index (χ4v) is 3.89. The number of rotatable bonds is 4. The average Bonchev–Trinajstić information content (AvgIpc) is 2.58.